The standard InChI is InChI=1S/C15H26O/c1-3-4-5-6-7-8-9-10-11-12-13-14-15(2)16/h3-12H2,1-2H3. The Labute approximate surface area is 101 Å². The number of hydrogen-bond donors (Lipinski definition) is 0. The summed E-state index contributed by atoms with van der Waals surface area (Å²) >= 11 is 0. The lowest BCUT2D eigenvalue weighted by Gasteiger charge is -1.99. The molecule has 0 N–H and O–H groups in total. The highest BCUT2D eigenvalue weighted by Crippen LogP contribution is 2.09. The van der Waals surface area contributed by atoms with Crippen molar-refractivity contribution in [1.82, 2.24) is 0 Å². The summed E-state index contributed by atoms with van der Waals surface area (Å²) in [6.45, 7) is 3.77. The second-order valence-corrected chi connectivity index (χ2v) is 4.44. The first-order valence-electron chi connectivity index (χ1n) is 6.76. The van der Waals surface area contributed by atoms with E-state index in [2.05, 4.69) is 18.8 Å². The molecular weight excluding hydrogens is 196 g/mol. The Balaban J connectivity index is 3.05. The minimum atomic E-state index is -0.0177. The molecule has 1 nitrogen and oxygen atoms in total. The molecule has 0 unspecified atom stereocenters. The lowest BCUT2D eigenvalue weighted by atomic mass is 10.1. The van der Waals surface area contributed by atoms with E-state index in [9.17, 15) is 4.79 Å². The highest BCUT2D eigenvalue weighted by molar-refractivity contribution is 5.93. The number of unbranched alkanes of at least 4 members (excludes halogenated alkanes) is 9. The van der Waals surface area contributed by atoms with E-state index in [4.69, 9.17) is 0 Å². The highest BCUT2D eigenvalue weighted by Gasteiger charge is 1.91. The summed E-state index contributed by atoms with van der Waals surface area (Å²) in [5.74, 6) is 5.47. The van der Waals surface area contributed by atoms with E-state index in [0.29, 0.717) is 0 Å². The van der Waals surface area contributed by atoms with Crippen LogP contribution in [-0.2, 0) is 4.79 Å². The van der Waals surface area contributed by atoms with Crippen LogP contribution in [0.2, 0.25) is 0 Å². The SMILES string of the molecule is CCCCCCCCCCCC#CC(C)=O. The fourth-order valence-electron chi connectivity index (χ4n) is 1.71. The van der Waals surface area contributed by atoms with Gasteiger partial charge >= 0.3 is 0 Å². The molecule has 0 saturated carbocycles. The topological polar surface area (TPSA) is 17.1 Å². The minimum absolute atomic E-state index is 0.0177. The Morgan fingerprint density at radius 2 is 1.38 bits per heavy atom. The molecule has 0 aromatic heterocycles. The van der Waals surface area contributed by atoms with Gasteiger partial charge in [-0.05, 0) is 12.3 Å². The van der Waals surface area contributed by atoms with Crippen molar-refractivity contribution >= 4 is 5.78 Å². The molecule has 92 valence electrons. The van der Waals surface area contributed by atoms with Crippen molar-refractivity contribution in [1.29, 1.82) is 0 Å². The fourth-order valence-corrected chi connectivity index (χ4v) is 1.71. The molecule has 0 amide bonds. The van der Waals surface area contributed by atoms with Crippen LogP contribution in [0.5, 0.6) is 0 Å². The Morgan fingerprint density at radius 1 is 0.875 bits per heavy atom. The maximum atomic E-state index is 10.5. The van der Waals surface area contributed by atoms with Crippen molar-refractivity contribution in [3.05, 3.63) is 0 Å². The van der Waals surface area contributed by atoms with E-state index < -0.39 is 0 Å². The summed E-state index contributed by atoms with van der Waals surface area (Å²) < 4.78 is 0. The van der Waals surface area contributed by atoms with Gasteiger partial charge in [-0.15, -0.1) is 0 Å². The molecule has 0 aromatic rings. The molecule has 0 aliphatic heterocycles. The number of ketones is 1. The quantitative estimate of drug-likeness (QED) is 0.319. The minimum Gasteiger partial charge on any atom is -0.285 e. The van der Waals surface area contributed by atoms with Gasteiger partial charge in [0, 0.05) is 13.3 Å². The van der Waals surface area contributed by atoms with E-state index in [1.807, 2.05) is 0 Å². The van der Waals surface area contributed by atoms with Crippen molar-refractivity contribution in [2.75, 3.05) is 0 Å². The van der Waals surface area contributed by atoms with E-state index in [1.54, 1.807) is 0 Å². The molecule has 0 saturated heterocycles. The molecule has 0 aromatic carbocycles. The lowest BCUT2D eigenvalue weighted by molar-refractivity contribution is -0.111. The van der Waals surface area contributed by atoms with E-state index in [1.165, 1.54) is 58.3 Å². The van der Waals surface area contributed by atoms with E-state index in [0.717, 1.165) is 12.8 Å². The van der Waals surface area contributed by atoms with Crippen LogP contribution in [-0.4, -0.2) is 5.78 Å². The second kappa shape index (κ2) is 12.3. The maximum absolute atomic E-state index is 10.5. The van der Waals surface area contributed by atoms with Gasteiger partial charge in [-0.25, -0.2) is 0 Å². The van der Waals surface area contributed by atoms with Gasteiger partial charge in [0.2, 0.25) is 5.78 Å². The summed E-state index contributed by atoms with van der Waals surface area (Å²) in [7, 11) is 0. The van der Waals surface area contributed by atoms with Gasteiger partial charge in [0.15, 0.2) is 0 Å². The Bertz CT molecular complexity index is 219. The number of hydrogen-bond acceptors (Lipinski definition) is 1. The molecule has 1 heteroatoms. The highest BCUT2D eigenvalue weighted by atomic mass is 16.1. The Morgan fingerprint density at radius 3 is 1.88 bits per heavy atom. The van der Waals surface area contributed by atoms with Gasteiger partial charge in [0.1, 0.15) is 0 Å². The molecule has 0 fully saturated rings. The van der Waals surface area contributed by atoms with Crippen molar-refractivity contribution < 1.29 is 4.79 Å². The fraction of sp³-hybridized carbons (Fsp3) is 0.800. The summed E-state index contributed by atoms with van der Waals surface area (Å²) in [4.78, 5) is 10.5. The zero-order valence-electron chi connectivity index (χ0n) is 11.0. The van der Waals surface area contributed by atoms with Gasteiger partial charge in [-0.1, -0.05) is 64.2 Å². The molecule has 0 radical (unpaired) electrons. The smallest absolute Gasteiger partial charge is 0.202 e. The van der Waals surface area contributed by atoms with Gasteiger partial charge < -0.3 is 0 Å². The number of carbonyl (C=O) groups excluding carboxylic acids is 1. The zero-order valence-corrected chi connectivity index (χ0v) is 11.0. The maximum Gasteiger partial charge on any atom is 0.202 e. The molecule has 0 rings (SSSR count). The van der Waals surface area contributed by atoms with Crippen LogP contribution < -0.4 is 0 Å². The van der Waals surface area contributed by atoms with Crippen LogP contribution in [0.4, 0.5) is 0 Å². The molecule has 0 aliphatic carbocycles. The normalized spacial score (nSPS) is 9.62. The first kappa shape index (κ1) is 15.2. The predicted octanol–water partition coefficient (Wildman–Crippen LogP) is 4.50. The summed E-state index contributed by atoms with van der Waals surface area (Å²) in [5.41, 5.74) is 0. The van der Waals surface area contributed by atoms with Crippen LogP contribution >= 0.6 is 0 Å². The van der Waals surface area contributed by atoms with Crippen LogP contribution in [0, 0.1) is 11.8 Å². The van der Waals surface area contributed by atoms with Crippen molar-refractivity contribution in [2.45, 2.75) is 78.1 Å². The largest absolute Gasteiger partial charge is 0.285 e. The molecule has 16 heavy (non-hydrogen) atoms. The Kier molecular flexibility index (Phi) is 11.7. The van der Waals surface area contributed by atoms with Crippen LogP contribution in [0.3, 0.4) is 0 Å². The van der Waals surface area contributed by atoms with Crippen molar-refractivity contribution in [3.8, 4) is 11.8 Å². The second-order valence-electron chi connectivity index (χ2n) is 4.44. The summed E-state index contributed by atoms with van der Waals surface area (Å²) in [6, 6.07) is 0. The van der Waals surface area contributed by atoms with E-state index >= 15 is 0 Å². The first-order chi connectivity index (χ1) is 7.77. The van der Waals surface area contributed by atoms with Gasteiger partial charge in [-0.2, -0.15) is 0 Å². The molecule has 0 atom stereocenters. The van der Waals surface area contributed by atoms with Gasteiger partial charge in [0.25, 0.3) is 0 Å². The van der Waals surface area contributed by atoms with Crippen LogP contribution in [0.25, 0.3) is 0 Å². The molecule has 0 heterocycles. The third kappa shape index (κ3) is 13.2. The van der Waals surface area contributed by atoms with Gasteiger partial charge in [0.05, 0.1) is 0 Å². The monoisotopic (exact) mass is 222 g/mol. The molecular formula is C15H26O. The molecule has 0 aliphatic rings. The summed E-state index contributed by atoms with van der Waals surface area (Å²) in [5, 5.41) is 0. The third-order valence-electron chi connectivity index (χ3n) is 2.67. The van der Waals surface area contributed by atoms with E-state index in [-0.39, 0.29) is 5.78 Å². The van der Waals surface area contributed by atoms with Crippen LogP contribution in [0.1, 0.15) is 78.1 Å². The number of carbonyl (C=O) groups is 1. The molecule has 0 spiro atoms. The zero-order chi connectivity index (χ0) is 12.1. The first-order valence-corrected chi connectivity index (χ1v) is 6.76. The number of Topliss-reactive ketones (excluding diaryl/α,β-unsaturated/α-hetero) is 1. The van der Waals surface area contributed by atoms with Crippen molar-refractivity contribution in [2.24, 2.45) is 0 Å². The summed E-state index contributed by atoms with van der Waals surface area (Å²) in [6.07, 6.45) is 12.9. The number of rotatable bonds is 9. The van der Waals surface area contributed by atoms with Gasteiger partial charge in [-0.3, -0.25) is 4.79 Å². The van der Waals surface area contributed by atoms with Crippen molar-refractivity contribution in [3.63, 3.8) is 0 Å². The molecule has 0 bridgehead atoms. The lowest BCUT2D eigenvalue weighted by Crippen LogP contribution is -1.82. The predicted molar refractivity (Wildman–Crippen MR) is 70.3 cm³/mol. The van der Waals surface area contributed by atoms with Crippen LogP contribution in [0.15, 0.2) is 0 Å². The third-order valence-corrected chi connectivity index (χ3v) is 2.67. The average molecular weight is 222 g/mol. The average Bonchev–Trinajstić information content (AvgIpc) is 2.25. The Hall–Kier alpha value is -0.770.